The van der Waals surface area contributed by atoms with Gasteiger partial charge in [0.1, 0.15) is 15.7 Å². The lowest BCUT2D eigenvalue weighted by atomic mass is 10.3. The molecular formula is C12H13Cl2N3O3S. The Balaban J connectivity index is 2.09. The molecule has 2 aromatic rings. The van der Waals surface area contributed by atoms with Crippen LogP contribution in [0.2, 0.25) is 10.0 Å². The molecule has 0 fully saturated rings. The van der Waals surface area contributed by atoms with E-state index in [0.29, 0.717) is 18.8 Å². The number of aromatic nitrogens is 2. The fourth-order valence-corrected chi connectivity index (χ4v) is 3.09. The second-order valence-electron chi connectivity index (χ2n) is 4.36. The molecule has 0 unspecified atom stereocenters. The van der Waals surface area contributed by atoms with Gasteiger partial charge in [0, 0.05) is 19.7 Å². The number of ether oxygens (including phenoxy) is 1. The average Bonchev–Trinajstić information content (AvgIpc) is 2.79. The third-order valence-corrected chi connectivity index (χ3v) is 4.65. The van der Waals surface area contributed by atoms with Crippen LogP contribution in [0.25, 0.3) is 0 Å². The maximum absolute atomic E-state index is 11.3. The lowest BCUT2D eigenvalue weighted by Crippen LogP contribution is -2.13. The van der Waals surface area contributed by atoms with Crippen molar-refractivity contribution < 1.29 is 13.2 Å². The molecule has 0 atom stereocenters. The van der Waals surface area contributed by atoms with E-state index in [0.717, 1.165) is 5.56 Å². The van der Waals surface area contributed by atoms with Crippen molar-refractivity contribution in [3.05, 3.63) is 40.1 Å². The molecule has 0 radical (unpaired) electrons. The monoisotopic (exact) mass is 349 g/mol. The van der Waals surface area contributed by atoms with Gasteiger partial charge in [-0.15, -0.1) is 0 Å². The molecule has 0 aliphatic carbocycles. The molecule has 114 valence electrons. The molecule has 0 saturated heterocycles. The number of halogens is 2. The summed E-state index contributed by atoms with van der Waals surface area (Å²) in [5.41, 5.74) is 1.01. The summed E-state index contributed by atoms with van der Waals surface area (Å²) in [5.74, 6) is 0.304. The molecule has 1 heterocycles. The van der Waals surface area contributed by atoms with Crippen molar-refractivity contribution in [2.75, 3.05) is 6.61 Å². The summed E-state index contributed by atoms with van der Waals surface area (Å²) in [7, 11) is -2.09. The Morgan fingerprint density at radius 2 is 2.05 bits per heavy atom. The number of hydrogen-bond acceptors (Lipinski definition) is 4. The second kappa shape index (κ2) is 6.23. The third kappa shape index (κ3) is 3.88. The van der Waals surface area contributed by atoms with Gasteiger partial charge in [-0.3, -0.25) is 4.68 Å². The van der Waals surface area contributed by atoms with Crippen LogP contribution < -0.4 is 9.88 Å². The van der Waals surface area contributed by atoms with Gasteiger partial charge in [-0.25, -0.2) is 13.6 Å². The molecule has 2 rings (SSSR count). The number of nitrogens with two attached hydrogens (primary N) is 1. The van der Waals surface area contributed by atoms with E-state index in [2.05, 4.69) is 5.10 Å². The fraction of sp³-hybridized carbons (Fsp3) is 0.250. The first-order chi connectivity index (χ1) is 9.79. The van der Waals surface area contributed by atoms with E-state index < -0.39 is 10.0 Å². The van der Waals surface area contributed by atoms with Crippen molar-refractivity contribution in [2.45, 2.75) is 11.3 Å². The first kappa shape index (κ1) is 16.1. The van der Waals surface area contributed by atoms with Gasteiger partial charge in [-0.1, -0.05) is 23.2 Å². The minimum Gasteiger partial charge on any atom is -0.492 e. The third-order valence-electron chi connectivity index (χ3n) is 2.72. The van der Waals surface area contributed by atoms with Crippen LogP contribution in [0.15, 0.2) is 29.4 Å². The molecule has 2 N–H and O–H groups in total. The van der Waals surface area contributed by atoms with Gasteiger partial charge in [0.05, 0.1) is 17.8 Å². The maximum Gasteiger partial charge on any atom is 0.239 e. The highest BCUT2D eigenvalue weighted by atomic mass is 35.5. The Hall–Kier alpha value is -1.28. The molecule has 0 spiro atoms. The Bertz CT molecular complexity index is 759. The molecular weight excluding hydrogens is 337 g/mol. The van der Waals surface area contributed by atoms with Crippen LogP contribution in [0.5, 0.6) is 5.75 Å². The Kier molecular flexibility index (Phi) is 4.77. The summed E-state index contributed by atoms with van der Waals surface area (Å²) in [6.45, 7) is 0.358. The van der Waals surface area contributed by atoms with Crippen molar-refractivity contribution in [3.63, 3.8) is 0 Å². The number of aryl methyl sites for hydroxylation is 1. The first-order valence-corrected chi connectivity index (χ1v) is 8.20. The number of benzene rings is 1. The Morgan fingerprint density at radius 1 is 1.33 bits per heavy atom. The topological polar surface area (TPSA) is 87.2 Å². The molecule has 0 saturated carbocycles. The Morgan fingerprint density at radius 3 is 2.62 bits per heavy atom. The van der Waals surface area contributed by atoms with Crippen molar-refractivity contribution in [2.24, 2.45) is 12.2 Å². The molecule has 0 aliphatic heterocycles. The van der Waals surface area contributed by atoms with Gasteiger partial charge in [0.25, 0.3) is 0 Å². The van der Waals surface area contributed by atoms with E-state index in [1.807, 2.05) is 13.2 Å². The number of primary sulfonamides is 1. The van der Waals surface area contributed by atoms with Gasteiger partial charge in [-0.05, 0) is 17.7 Å². The highest BCUT2D eigenvalue weighted by molar-refractivity contribution is 7.89. The number of rotatable bonds is 5. The number of sulfonamides is 1. The minimum atomic E-state index is -3.92. The molecule has 0 aliphatic rings. The first-order valence-electron chi connectivity index (χ1n) is 5.90. The zero-order valence-electron chi connectivity index (χ0n) is 11.1. The van der Waals surface area contributed by atoms with E-state index in [4.69, 9.17) is 33.1 Å². The van der Waals surface area contributed by atoms with Crippen LogP contribution >= 0.6 is 23.2 Å². The minimum absolute atomic E-state index is 0.0226. The maximum atomic E-state index is 11.3. The van der Waals surface area contributed by atoms with E-state index in [9.17, 15) is 8.42 Å². The lowest BCUT2D eigenvalue weighted by molar-refractivity contribution is 0.322. The van der Waals surface area contributed by atoms with Crippen molar-refractivity contribution >= 4 is 33.2 Å². The summed E-state index contributed by atoms with van der Waals surface area (Å²) >= 11 is 11.9. The van der Waals surface area contributed by atoms with Gasteiger partial charge >= 0.3 is 0 Å². The second-order valence-corrected chi connectivity index (χ2v) is 6.64. The zero-order valence-corrected chi connectivity index (χ0v) is 13.4. The van der Waals surface area contributed by atoms with Gasteiger partial charge in [-0.2, -0.15) is 5.10 Å². The van der Waals surface area contributed by atoms with Crippen LogP contribution in [0.3, 0.4) is 0 Å². The molecule has 6 nitrogen and oxygen atoms in total. The number of hydrogen-bond donors (Lipinski definition) is 1. The smallest absolute Gasteiger partial charge is 0.239 e. The zero-order chi connectivity index (χ0) is 15.6. The number of nitrogens with zero attached hydrogens (tertiary/aromatic N) is 2. The molecule has 1 aromatic carbocycles. The van der Waals surface area contributed by atoms with Crippen molar-refractivity contribution in [3.8, 4) is 5.75 Å². The molecule has 9 heteroatoms. The molecule has 21 heavy (non-hydrogen) atoms. The average molecular weight is 350 g/mol. The quantitative estimate of drug-likeness (QED) is 0.893. The lowest BCUT2D eigenvalue weighted by Gasteiger charge is -2.10. The van der Waals surface area contributed by atoms with Gasteiger partial charge in [0.15, 0.2) is 0 Å². The predicted octanol–water partition coefficient (Wildman–Crippen LogP) is 2.00. The van der Waals surface area contributed by atoms with Crippen LogP contribution in [0, 0.1) is 0 Å². The van der Waals surface area contributed by atoms with Crippen LogP contribution in [-0.4, -0.2) is 24.8 Å². The van der Waals surface area contributed by atoms with Gasteiger partial charge in [0.2, 0.25) is 10.0 Å². The highest BCUT2D eigenvalue weighted by Crippen LogP contribution is 2.36. The fourth-order valence-electron chi connectivity index (χ4n) is 1.73. The summed E-state index contributed by atoms with van der Waals surface area (Å²) < 4.78 is 29.8. The van der Waals surface area contributed by atoms with Crippen molar-refractivity contribution in [1.29, 1.82) is 0 Å². The van der Waals surface area contributed by atoms with Crippen LogP contribution in [-0.2, 0) is 23.5 Å². The summed E-state index contributed by atoms with van der Waals surface area (Å²) in [5, 5.41) is 8.96. The standard InChI is InChI=1S/C12H13Cl2N3O3S/c1-17-7-8(6-16-17)4-5-20-9-2-3-10(21(15,18)19)12(14)11(9)13/h2-3,6-7H,4-5H2,1H3,(H2,15,18,19). The van der Waals surface area contributed by atoms with E-state index in [1.54, 1.807) is 10.9 Å². The SMILES string of the molecule is Cn1cc(CCOc2ccc(S(N)(=O)=O)c(Cl)c2Cl)cn1. The van der Waals surface area contributed by atoms with E-state index in [-0.39, 0.29) is 14.9 Å². The summed E-state index contributed by atoms with van der Waals surface area (Å²) in [6.07, 6.45) is 4.25. The largest absolute Gasteiger partial charge is 0.492 e. The van der Waals surface area contributed by atoms with Crippen molar-refractivity contribution in [1.82, 2.24) is 9.78 Å². The highest BCUT2D eigenvalue weighted by Gasteiger charge is 2.18. The molecule has 0 bridgehead atoms. The summed E-state index contributed by atoms with van der Waals surface area (Å²) in [6, 6.07) is 2.69. The Labute approximate surface area is 132 Å². The van der Waals surface area contributed by atoms with Crippen LogP contribution in [0.4, 0.5) is 0 Å². The molecule has 1 aromatic heterocycles. The van der Waals surface area contributed by atoms with Crippen LogP contribution in [0.1, 0.15) is 5.56 Å². The van der Waals surface area contributed by atoms with E-state index >= 15 is 0 Å². The molecule has 0 amide bonds. The van der Waals surface area contributed by atoms with Gasteiger partial charge < -0.3 is 4.74 Å². The predicted molar refractivity (Wildman–Crippen MR) is 80.2 cm³/mol. The normalized spacial score (nSPS) is 11.6. The summed E-state index contributed by atoms with van der Waals surface area (Å²) in [4.78, 5) is -0.228. The van der Waals surface area contributed by atoms with E-state index in [1.165, 1.54) is 12.1 Å².